The highest BCUT2D eigenvalue weighted by molar-refractivity contribution is 8.00. The Bertz CT molecular complexity index is 365. The first-order valence-electron chi connectivity index (χ1n) is 5.58. The zero-order valence-electron chi connectivity index (χ0n) is 10.4. The lowest BCUT2D eigenvalue weighted by molar-refractivity contribution is -0.137. The highest BCUT2D eigenvalue weighted by Crippen LogP contribution is 2.37. The van der Waals surface area contributed by atoms with Crippen molar-refractivity contribution in [3.63, 3.8) is 0 Å². The number of nitrogens with two attached hydrogens (primary N) is 1. The van der Waals surface area contributed by atoms with Gasteiger partial charge in [0.15, 0.2) is 0 Å². The molecule has 0 aliphatic carbocycles. The molecule has 3 nitrogen and oxygen atoms in total. The van der Waals surface area contributed by atoms with Crippen molar-refractivity contribution in [2.24, 2.45) is 5.73 Å². The predicted molar refractivity (Wildman–Crippen MR) is 74.5 cm³/mol. The minimum absolute atomic E-state index is 0.0713. The average Bonchev–Trinajstić information content (AvgIpc) is 2.75. The third kappa shape index (κ3) is 4.01. The van der Waals surface area contributed by atoms with Crippen molar-refractivity contribution in [1.82, 2.24) is 0 Å². The Balaban J connectivity index is 2.75. The van der Waals surface area contributed by atoms with Crippen LogP contribution in [-0.2, 0) is 9.53 Å². The molecule has 0 fully saturated rings. The van der Waals surface area contributed by atoms with E-state index in [9.17, 15) is 4.79 Å². The Hall–Kier alpha value is -0.520. The lowest BCUT2D eigenvalue weighted by atomic mass is 10.1. The minimum atomic E-state index is -0.197. The van der Waals surface area contributed by atoms with Crippen LogP contribution in [0.2, 0.25) is 0 Å². The van der Waals surface area contributed by atoms with Gasteiger partial charge in [0, 0.05) is 10.9 Å². The molecule has 0 amide bonds. The van der Waals surface area contributed by atoms with E-state index in [1.165, 1.54) is 17.6 Å². The summed E-state index contributed by atoms with van der Waals surface area (Å²) >= 11 is 3.28. The lowest BCUT2D eigenvalue weighted by Gasteiger charge is -2.21. The van der Waals surface area contributed by atoms with Gasteiger partial charge in [0.2, 0.25) is 0 Å². The molecule has 2 atom stereocenters. The topological polar surface area (TPSA) is 52.3 Å². The molecule has 1 heterocycles. The summed E-state index contributed by atoms with van der Waals surface area (Å²) in [6, 6.07) is 2.16. The number of carbonyl (C=O) groups is 1. The van der Waals surface area contributed by atoms with E-state index in [0.29, 0.717) is 5.75 Å². The van der Waals surface area contributed by atoms with E-state index in [0.717, 1.165) is 6.42 Å². The molecule has 2 unspecified atom stereocenters. The summed E-state index contributed by atoms with van der Waals surface area (Å²) in [5.41, 5.74) is 7.39. The molecule has 5 heteroatoms. The second-order valence-corrected chi connectivity index (χ2v) is 5.93. The maximum absolute atomic E-state index is 11.2. The molecule has 96 valence electrons. The summed E-state index contributed by atoms with van der Waals surface area (Å²) in [6.45, 7) is 4.15. The quantitative estimate of drug-likeness (QED) is 0.810. The Morgan fingerprint density at radius 2 is 2.35 bits per heavy atom. The van der Waals surface area contributed by atoms with Crippen LogP contribution in [-0.4, -0.2) is 24.9 Å². The molecular formula is C12H19NO2S2. The van der Waals surface area contributed by atoms with Crippen LogP contribution in [0.3, 0.4) is 0 Å². The number of rotatable bonds is 6. The van der Waals surface area contributed by atoms with Crippen LogP contribution in [0.5, 0.6) is 0 Å². The largest absolute Gasteiger partial charge is 0.468 e. The third-order valence-electron chi connectivity index (χ3n) is 2.63. The maximum atomic E-state index is 11.2. The van der Waals surface area contributed by atoms with Gasteiger partial charge in [-0.25, -0.2) is 0 Å². The van der Waals surface area contributed by atoms with Crippen LogP contribution in [0.25, 0.3) is 0 Å². The van der Waals surface area contributed by atoms with Crippen LogP contribution >= 0.6 is 23.1 Å². The molecule has 0 aromatic carbocycles. The Morgan fingerprint density at radius 3 is 2.82 bits per heavy atom. The second kappa shape index (κ2) is 7.03. The van der Waals surface area contributed by atoms with Gasteiger partial charge < -0.3 is 10.5 Å². The number of esters is 1. The van der Waals surface area contributed by atoms with E-state index in [1.54, 1.807) is 23.1 Å². The smallest absolute Gasteiger partial charge is 0.315 e. The zero-order valence-corrected chi connectivity index (χ0v) is 12.1. The summed E-state index contributed by atoms with van der Waals surface area (Å²) in [5.74, 6) is 0.157. The number of thiophene rings is 1. The van der Waals surface area contributed by atoms with E-state index in [2.05, 4.69) is 30.0 Å². The first-order valence-corrected chi connectivity index (χ1v) is 7.51. The van der Waals surface area contributed by atoms with E-state index in [4.69, 9.17) is 5.73 Å². The Kier molecular flexibility index (Phi) is 6.02. The van der Waals surface area contributed by atoms with Crippen LogP contribution in [0, 0.1) is 6.92 Å². The lowest BCUT2D eigenvalue weighted by Crippen LogP contribution is -2.26. The normalized spacial score (nSPS) is 14.4. The number of ether oxygens (including phenoxy) is 1. The van der Waals surface area contributed by atoms with Crippen LogP contribution < -0.4 is 5.73 Å². The number of methoxy groups -OCH3 is 1. The van der Waals surface area contributed by atoms with Crippen molar-refractivity contribution in [3.8, 4) is 0 Å². The second-order valence-electron chi connectivity index (χ2n) is 3.85. The highest BCUT2D eigenvalue weighted by Gasteiger charge is 2.23. The zero-order chi connectivity index (χ0) is 12.8. The number of hydrogen-bond acceptors (Lipinski definition) is 5. The van der Waals surface area contributed by atoms with Crippen molar-refractivity contribution in [2.45, 2.75) is 31.6 Å². The predicted octanol–water partition coefficient (Wildman–Crippen LogP) is 2.74. The molecule has 0 saturated heterocycles. The first kappa shape index (κ1) is 14.5. The monoisotopic (exact) mass is 273 g/mol. The van der Waals surface area contributed by atoms with Gasteiger partial charge in [-0.2, -0.15) is 0 Å². The molecule has 0 radical (unpaired) electrons. The third-order valence-corrected chi connectivity index (χ3v) is 5.23. The van der Waals surface area contributed by atoms with E-state index in [1.807, 2.05) is 0 Å². The standard InChI is InChI=1S/C12H19NO2S2/c1-4-9(13)12(17-7-10(14)15-3)11-8(2)5-6-16-11/h5-6,9,12H,4,7,13H2,1-3H3. The SMILES string of the molecule is CCC(N)C(SCC(=O)OC)c1sccc1C. The number of carbonyl (C=O) groups excluding carboxylic acids is 1. The molecule has 0 aliphatic heterocycles. The average molecular weight is 273 g/mol. The Labute approximate surface area is 111 Å². The summed E-state index contributed by atoms with van der Waals surface area (Å²) in [7, 11) is 1.41. The summed E-state index contributed by atoms with van der Waals surface area (Å²) in [6.07, 6.45) is 0.899. The molecule has 0 bridgehead atoms. The van der Waals surface area contributed by atoms with Gasteiger partial charge in [0.25, 0.3) is 0 Å². The van der Waals surface area contributed by atoms with Crippen molar-refractivity contribution in [2.75, 3.05) is 12.9 Å². The highest BCUT2D eigenvalue weighted by atomic mass is 32.2. The first-order chi connectivity index (χ1) is 8.10. The van der Waals surface area contributed by atoms with Gasteiger partial charge in [-0.3, -0.25) is 4.79 Å². The Morgan fingerprint density at radius 1 is 1.65 bits per heavy atom. The maximum Gasteiger partial charge on any atom is 0.315 e. The summed E-state index contributed by atoms with van der Waals surface area (Å²) < 4.78 is 4.66. The minimum Gasteiger partial charge on any atom is -0.468 e. The van der Waals surface area contributed by atoms with Gasteiger partial charge in [-0.15, -0.1) is 23.1 Å². The van der Waals surface area contributed by atoms with Crippen molar-refractivity contribution >= 4 is 29.1 Å². The van der Waals surface area contributed by atoms with Crippen LogP contribution in [0.1, 0.15) is 29.0 Å². The molecular weight excluding hydrogens is 254 g/mol. The fraction of sp³-hybridized carbons (Fsp3) is 0.583. The van der Waals surface area contributed by atoms with Gasteiger partial charge in [0.05, 0.1) is 18.1 Å². The van der Waals surface area contributed by atoms with Crippen LogP contribution in [0.15, 0.2) is 11.4 Å². The molecule has 17 heavy (non-hydrogen) atoms. The van der Waals surface area contributed by atoms with Gasteiger partial charge in [-0.1, -0.05) is 6.92 Å². The van der Waals surface area contributed by atoms with Gasteiger partial charge >= 0.3 is 5.97 Å². The number of hydrogen-bond donors (Lipinski definition) is 1. The summed E-state index contributed by atoms with van der Waals surface area (Å²) in [4.78, 5) is 12.5. The fourth-order valence-corrected chi connectivity index (χ4v) is 4.06. The van der Waals surface area contributed by atoms with E-state index >= 15 is 0 Å². The molecule has 1 aromatic heterocycles. The van der Waals surface area contributed by atoms with Crippen molar-refractivity contribution in [3.05, 3.63) is 21.9 Å². The summed E-state index contributed by atoms with van der Waals surface area (Å²) in [5, 5.41) is 2.25. The molecule has 1 aromatic rings. The fourth-order valence-electron chi connectivity index (χ4n) is 1.50. The number of aryl methyl sites for hydroxylation is 1. The van der Waals surface area contributed by atoms with Crippen molar-refractivity contribution in [1.29, 1.82) is 0 Å². The molecule has 0 spiro atoms. The van der Waals surface area contributed by atoms with E-state index < -0.39 is 0 Å². The van der Waals surface area contributed by atoms with Gasteiger partial charge in [-0.05, 0) is 30.4 Å². The van der Waals surface area contributed by atoms with Crippen molar-refractivity contribution < 1.29 is 9.53 Å². The van der Waals surface area contributed by atoms with Gasteiger partial charge in [0.1, 0.15) is 0 Å². The molecule has 1 rings (SSSR count). The molecule has 2 N–H and O–H groups in total. The van der Waals surface area contributed by atoms with E-state index in [-0.39, 0.29) is 17.3 Å². The molecule has 0 aliphatic rings. The molecule has 0 saturated carbocycles. The number of thioether (sulfide) groups is 1. The van der Waals surface area contributed by atoms with Crippen LogP contribution in [0.4, 0.5) is 0 Å².